The number of hydrogen-bond donors (Lipinski definition) is 2. The standard InChI is InChI=1S/C19H15F3N2O2/c1-11(12-5-4-6-13(9-12)19(20,21)22)23-18(26)15-10-17(25)24-16-8-3-2-7-14(15)16/h2-11H,1H3,(H,23,26)(H,24,25)/t11-/m1/s1. The van der Waals surface area contributed by atoms with E-state index in [9.17, 15) is 22.8 Å². The van der Waals surface area contributed by atoms with E-state index in [2.05, 4.69) is 10.3 Å². The summed E-state index contributed by atoms with van der Waals surface area (Å²) >= 11 is 0. The number of alkyl halides is 3. The van der Waals surface area contributed by atoms with Crippen LogP contribution in [0.3, 0.4) is 0 Å². The van der Waals surface area contributed by atoms with Crippen molar-refractivity contribution in [3.8, 4) is 0 Å². The number of amides is 1. The summed E-state index contributed by atoms with van der Waals surface area (Å²) in [5, 5.41) is 3.21. The second-order valence-corrected chi connectivity index (χ2v) is 5.91. The highest BCUT2D eigenvalue weighted by atomic mass is 19.4. The number of aromatic amines is 1. The van der Waals surface area contributed by atoms with Crippen LogP contribution in [0.25, 0.3) is 10.9 Å². The van der Waals surface area contributed by atoms with Gasteiger partial charge in [0.25, 0.3) is 5.91 Å². The highest BCUT2D eigenvalue weighted by molar-refractivity contribution is 6.06. The van der Waals surface area contributed by atoms with Crippen molar-refractivity contribution >= 4 is 16.8 Å². The van der Waals surface area contributed by atoms with Gasteiger partial charge in [0, 0.05) is 17.0 Å². The Hall–Kier alpha value is -3.09. The Morgan fingerprint density at radius 1 is 1.08 bits per heavy atom. The average Bonchev–Trinajstić information content (AvgIpc) is 2.60. The molecule has 0 fully saturated rings. The lowest BCUT2D eigenvalue weighted by Gasteiger charge is -2.17. The third-order valence-corrected chi connectivity index (χ3v) is 4.06. The fourth-order valence-corrected chi connectivity index (χ4v) is 2.73. The molecule has 0 aliphatic rings. The maximum absolute atomic E-state index is 12.9. The van der Waals surface area contributed by atoms with Gasteiger partial charge in [-0.3, -0.25) is 9.59 Å². The summed E-state index contributed by atoms with van der Waals surface area (Å²) in [7, 11) is 0. The van der Waals surface area contributed by atoms with Crippen LogP contribution in [0.2, 0.25) is 0 Å². The largest absolute Gasteiger partial charge is 0.416 e. The zero-order valence-corrected chi connectivity index (χ0v) is 13.7. The molecular weight excluding hydrogens is 345 g/mol. The van der Waals surface area contributed by atoms with Gasteiger partial charge in [0.1, 0.15) is 0 Å². The van der Waals surface area contributed by atoms with E-state index in [-0.39, 0.29) is 5.56 Å². The van der Waals surface area contributed by atoms with Crippen molar-refractivity contribution in [2.75, 3.05) is 0 Å². The first-order valence-corrected chi connectivity index (χ1v) is 7.86. The molecule has 0 radical (unpaired) electrons. The number of H-pyrrole nitrogens is 1. The van der Waals surface area contributed by atoms with E-state index in [1.54, 1.807) is 31.2 Å². The highest BCUT2D eigenvalue weighted by Gasteiger charge is 2.30. The lowest BCUT2D eigenvalue weighted by Crippen LogP contribution is -2.28. The number of para-hydroxylation sites is 1. The van der Waals surface area contributed by atoms with Crippen molar-refractivity contribution in [3.63, 3.8) is 0 Å². The van der Waals surface area contributed by atoms with E-state index in [0.717, 1.165) is 12.1 Å². The predicted molar refractivity (Wildman–Crippen MR) is 91.9 cm³/mol. The molecule has 0 aliphatic heterocycles. The van der Waals surface area contributed by atoms with Crippen LogP contribution in [0.5, 0.6) is 0 Å². The topological polar surface area (TPSA) is 62.0 Å². The molecule has 2 N–H and O–H groups in total. The number of hydrogen-bond acceptors (Lipinski definition) is 2. The molecule has 0 spiro atoms. The number of aromatic nitrogens is 1. The first kappa shape index (κ1) is 17.7. The van der Waals surface area contributed by atoms with E-state index in [0.29, 0.717) is 16.5 Å². The Morgan fingerprint density at radius 2 is 1.81 bits per heavy atom. The van der Waals surface area contributed by atoms with Gasteiger partial charge < -0.3 is 10.3 Å². The fraction of sp³-hybridized carbons (Fsp3) is 0.158. The van der Waals surface area contributed by atoms with E-state index >= 15 is 0 Å². The average molecular weight is 360 g/mol. The Kier molecular flexibility index (Phi) is 4.54. The molecule has 26 heavy (non-hydrogen) atoms. The van der Waals surface area contributed by atoms with Crippen molar-refractivity contribution < 1.29 is 18.0 Å². The predicted octanol–water partition coefficient (Wildman–Crippen LogP) is 4.04. The summed E-state index contributed by atoms with van der Waals surface area (Å²) in [5.74, 6) is -0.530. The molecule has 4 nitrogen and oxygen atoms in total. The normalized spacial score (nSPS) is 12.8. The van der Waals surface area contributed by atoms with Crippen molar-refractivity contribution in [1.29, 1.82) is 0 Å². The number of fused-ring (bicyclic) bond motifs is 1. The lowest BCUT2D eigenvalue weighted by molar-refractivity contribution is -0.137. The SMILES string of the molecule is C[C@@H](NC(=O)c1cc(=O)[nH]c2ccccc12)c1cccc(C(F)(F)F)c1. The highest BCUT2D eigenvalue weighted by Crippen LogP contribution is 2.30. The van der Waals surface area contributed by atoms with Gasteiger partial charge in [-0.25, -0.2) is 0 Å². The van der Waals surface area contributed by atoms with Crippen LogP contribution in [0.4, 0.5) is 13.2 Å². The summed E-state index contributed by atoms with van der Waals surface area (Å²) in [6, 6.07) is 12.1. The third kappa shape index (κ3) is 3.61. The summed E-state index contributed by atoms with van der Waals surface area (Å²) in [5.41, 5.74) is -0.208. The van der Waals surface area contributed by atoms with Crippen LogP contribution in [0.1, 0.15) is 34.5 Å². The number of nitrogens with one attached hydrogen (secondary N) is 2. The molecule has 3 rings (SSSR count). The molecule has 0 aliphatic carbocycles. The molecular formula is C19H15F3N2O2. The molecule has 1 heterocycles. The van der Waals surface area contributed by atoms with Crippen LogP contribution in [0, 0.1) is 0 Å². The molecule has 7 heteroatoms. The van der Waals surface area contributed by atoms with Crippen molar-refractivity contribution in [2.45, 2.75) is 19.1 Å². The molecule has 0 saturated heterocycles. The molecule has 0 bridgehead atoms. The molecule has 134 valence electrons. The Labute approximate surface area is 146 Å². The lowest BCUT2D eigenvalue weighted by atomic mass is 10.0. The number of carbonyl (C=O) groups is 1. The summed E-state index contributed by atoms with van der Waals surface area (Å²) in [6.45, 7) is 1.59. The maximum atomic E-state index is 12.9. The minimum atomic E-state index is -4.46. The zero-order chi connectivity index (χ0) is 18.9. The first-order valence-electron chi connectivity index (χ1n) is 7.86. The fourth-order valence-electron chi connectivity index (χ4n) is 2.73. The Balaban J connectivity index is 1.90. The van der Waals surface area contributed by atoms with Gasteiger partial charge in [0.15, 0.2) is 0 Å². The number of benzene rings is 2. The van der Waals surface area contributed by atoms with E-state index in [4.69, 9.17) is 0 Å². The van der Waals surface area contributed by atoms with Crippen molar-refractivity contribution in [2.24, 2.45) is 0 Å². The van der Waals surface area contributed by atoms with Gasteiger partial charge in [0.2, 0.25) is 5.56 Å². The smallest absolute Gasteiger partial charge is 0.345 e. The molecule has 1 amide bonds. The van der Waals surface area contributed by atoms with E-state index in [1.807, 2.05) is 0 Å². The summed E-state index contributed by atoms with van der Waals surface area (Å²) in [6.07, 6.45) is -4.46. The van der Waals surface area contributed by atoms with Crippen molar-refractivity contribution in [1.82, 2.24) is 10.3 Å². The molecule has 1 aromatic heterocycles. The zero-order valence-electron chi connectivity index (χ0n) is 13.7. The quantitative estimate of drug-likeness (QED) is 0.741. The van der Waals surface area contributed by atoms with E-state index in [1.165, 1.54) is 18.2 Å². The van der Waals surface area contributed by atoms with Crippen molar-refractivity contribution in [3.05, 3.63) is 81.6 Å². The minimum Gasteiger partial charge on any atom is -0.345 e. The van der Waals surface area contributed by atoms with Gasteiger partial charge in [0.05, 0.1) is 17.2 Å². The molecule has 1 atom stereocenters. The third-order valence-electron chi connectivity index (χ3n) is 4.06. The summed E-state index contributed by atoms with van der Waals surface area (Å²) in [4.78, 5) is 27.0. The molecule has 2 aromatic carbocycles. The monoisotopic (exact) mass is 360 g/mol. The molecule has 3 aromatic rings. The van der Waals surface area contributed by atoms with Crippen LogP contribution in [0.15, 0.2) is 59.4 Å². The maximum Gasteiger partial charge on any atom is 0.416 e. The van der Waals surface area contributed by atoms with Crippen LogP contribution >= 0.6 is 0 Å². The number of carbonyl (C=O) groups excluding carboxylic acids is 1. The number of rotatable bonds is 3. The van der Waals surface area contributed by atoms with Crippen LogP contribution in [-0.4, -0.2) is 10.9 Å². The second kappa shape index (κ2) is 6.67. The Bertz CT molecular complexity index is 1020. The number of pyridine rings is 1. The number of halogens is 3. The van der Waals surface area contributed by atoms with E-state index < -0.39 is 29.2 Å². The van der Waals surface area contributed by atoms with Crippen LogP contribution < -0.4 is 10.9 Å². The van der Waals surface area contributed by atoms with Gasteiger partial charge in [-0.1, -0.05) is 30.3 Å². The van der Waals surface area contributed by atoms with Gasteiger partial charge in [-0.2, -0.15) is 13.2 Å². The Morgan fingerprint density at radius 3 is 2.54 bits per heavy atom. The second-order valence-electron chi connectivity index (χ2n) is 5.91. The minimum absolute atomic E-state index is 0.170. The molecule has 0 unspecified atom stereocenters. The van der Waals surface area contributed by atoms with Gasteiger partial charge in [-0.05, 0) is 30.7 Å². The summed E-state index contributed by atoms with van der Waals surface area (Å²) < 4.78 is 38.6. The molecule has 0 saturated carbocycles. The van der Waals surface area contributed by atoms with Gasteiger partial charge >= 0.3 is 6.18 Å². The first-order chi connectivity index (χ1) is 12.3. The van der Waals surface area contributed by atoms with Crippen LogP contribution in [-0.2, 0) is 6.18 Å². The van der Waals surface area contributed by atoms with Gasteiger partial charge in [-0.15, -0.1) is 0 Å².